The lowest BCUT2D eigenvalue weighted by molar-refractivity contribution is -0.119. The lowest BCUT2D eigenvalue weighted by Gasteiger charge is -2.13. The zero-order chi connectivity index (χ0) is 22.1. The molecule has 2 atom stereocenters. The fourth-order valence-corrected chi connectivity index (χ4v) is 3.42. The average molecular weight is 412 g/mol. The quantitative estimate of drug-likeness (QED) is 0.590. The minimum Gasteiger partial charge on any atom is -0.388 e. The summed E-state index contributed by atoms with van der Waals surface area (Å²) in [6.07, 6.45) is 5.13. The van der Waals surface area contributed by atoms with Crippen LogP contribution in [0.15, 0.2) is 60.3 Å². The van der Waals surface area contributed by atoms with Crippen molar-refractivity contribution in [3.8, 4) is 0 Å². The summed E-state index contributed by atoms with van der Waals surface area (Å²) in [7, 11) is 0. The molecule has 1 aliphatic carbocycles. The van der Waals surface area contributed by atoms with Crippen molar-refractivity contribution in [2.75, 3.05) is 5.32 Å². The minimum absolute atomic E-state index is 0.259. The van der Waals surface area contributed by atoms with Crippen molar-refractivity contribution in [2.24, 2.45) is 5.92 Å². The van der Waals surface area contributed by atoms with Gasteiger partial charge >= 0.3 is 0 Å². The van der Waals surface area contributed by atoms with Crippen molar-refractivity contribution in [3.05, 3.63) is 65.9 Å². The standard InChI is InChI=1S/C24H26F2N2O2/c1-5-19(14(3)9-15(4)21(29)6-2)17-8-7-16-11-22(27-13-18(16)10-17)28-23(30)20-12-24(20,25)26/h5,7-11,13,20-21,29H,4,6,12H2,1-3H3,(H,27,28,30)/b14-9-,19-5+. The van der Waals surface area contributed by atoms with Gasteiger partial charge in [0.1, 0.15) is 11.7 Å². The smallest absolute Gasteiger partial charge is 0.260 e. The van der Waals surface area contributed by atoms with Gasteiger partial charge in [-0.1, -0.05) is 37.8 Å². The van der Waals surface area contributed by atoms with Crippen molar-refractivity contribution in [1.29, 1.82) is 0 Å². The molecule has 0 saturated heterocycles. The number of amides is 1. The van der Waals surface area contributed by atoms with E-state index in [1.54, 1.807) is 12.3 Å². The molecule has 2 aromatic rings. The Labute approximate surface area is 175 Å². The second-order valence-electron chi connectivity index (χ2n) is 7.67. The summed E-state index contributed by atoms with van der Waals surface area (Å²) >= 11 is 0. The van der Waals surface area contributed by atoms with Gasteiger partial charge in [-0.15, -0.1) is 0 Å². The first kappa shape index (κ1) is 21.8. The van der Waals surface area contributed by atoms with Gasteiger partial charge in [-0.3, -0.25) is 4.79 Å². The van der Waals surface area contributed by atoms with Crippen molar-refractivity contribution in [2.45, 2.75) is 45.6 Å². The largest absolute Gasteiger partial charge is 0.388 e. The minimum atomic E-state index is -2.90. The third-order valence-corrected chi connectivity index (χ3v) is 5.36. The lowest BCUT2D eigenvalue weighted by Crippen LogP contribution is -2.18. The van der Waals surface area contributed by atoms with Crippen molar-refractivity contribution >= 4 is 28.1 Å². The van der Waals surface area contributed by atoms with E-state index in [1.807, 2.05) is 51.1 Å². The number of aliphatic hydroxyl groups excluding tert-OH is 1. The highest BCUT2D eigenvalue weighted by Crippen LogP contribution is 2.49. The van der Waals surface area contributed by atoms with Gasteiger partial charge in [0.15, 0.2) is 0 Å². The molecule has 1 saturated carbocycles. The lowest BCUT2D eigenvalue weighted by atomic mass is 9.94. The number of aromatic nitrogens is 1. The molecule has 158 valence electrons. The van der Waals surface area contributed by atoms with E-state index in [2.05, 4.69) is 16.9 Å². The molecule has 2 N–H and O–H groups in total. The maximum Gasteiger partial charge on any atom is 0.260 e. The number of rotatable bonds is 7. The van der Waals surface area contributed by atoms with Crippen LogP contribution < -0.4 is 5.32 Å². The second kappa shape index (κ2) is 8.48. The maximum atomic E-state index is 13.1. The second-order valence-corrected chi connectivity index (χ2v) is 7.67. The molecule has 0 aliphatic heterocycles. The monoisotopic (exact) mass is 412 g/mol. The van der Waals surface area contributed by atoms with Gasteiger partial charge in [-0.25, -0.2) is 13.8 Å². The number of alkyl halides is 2. The number of benzene rings is 1. The average Bonchev–Trinajstić information content (AvgIpc) is 3.36. The summed E-state index contributed by atoms with van der Waals surface area (Å²) in [4.78, 5) is 16.1. The molecule has 0 radical (unpaired) electrons. The van der Waals surface area contributed by atoms with Crippen LogP contribution in [-0.2, 0) is 4.79 Å². The van der Waals surface area contributed by atoms with Crippen LogP contribution in [0.1, 0.15) is 39.2 Å². The van der Waals surface area contributed by atoms with Gasteiger partial charge in [0.05, 0.1) is 6.10 Å². The Morgan fingerprint density at radius 3 is 2.70 bits per heavy atom. The molecule has 6 heteroatoms. The van der Waals surface area contributed by atoms with E-state index in [4.69, 9.17) is 0 Å². The zero-order valence-corrected chi connectivity index (χ0v) is 17.4. The summed E-state index contributed by atoms with van der Waals surface area (Å²) in [5, 5.41) is 14.1. The number of hydrogen-bond donors (Lipinski definition) is 2. The number of carbonyl (C=O) groups is 1. The molecular weight excluding hydrogens is 386 g/mol. The number of nitrogens with zero attached hydrogens (tertiary/aromatic N) is 1. The molecule has 1 aromatic heterocycles. The number of nitrogens with one attached hydrogen (secondary N) is 1. The van der Waals surface area contributed by atoms with E-state index < -0.39 is 30.3 Å². The van der Waals surface area contributed by atoms with Gasteiger partial charge in [0.2, 0.25) is 5.91 Å². The third-order valence-electron chi connectivity index (χ3n) is 5.36. The highest BCUT2D eigenvalue weighted by molar-refractivity contribution is 5.97. The molecule has 4 nitrogen and oxygen atoms in total. The van der Waals surface area contributed by atoms with Crippen LogP contribution in [0.5, 0.6) is 0 Å². The van der Waals surface area contributed by atoms with Crippen LogP contribution in [-0.4, -0.2) is 28.0 Å². The number of halogens is 2. The molecule has 0 spiro atoms. The molecular formula is C24H26F2N2O2. The number of pyridine rings is 1. The number of anilines is 1. The number of allylic oxidation sites excluding steroid dienone is 3. The van der Waals surface area contributed by atoms with Crippen molar-refractivity contribution in [3.63, 3.8) is 0 Å². The van der Waals surface area contributed by atoms with Crippen LogP contribution in [0.3, 0.4) is 0 Å². The highest BCUT2D eigenvalue weighted by Gasteiger charge is 2.61. The summed E-state index contributed by atoms with van der Waals surface area (Å²) < 4.78 is 26.1. The molecule has 1 aromatic carbocycles. The van der Waals surface area contributed by atoms with Gasteiger partial charge in [0.25, 0.3) is 5.92 Å². The van der Waals surface area contributed by atoms with E-state index in [-0.39, 0.29) is 5.82 Å². The normalized spacial score (nSPS) is 19.5. The van der Waals surface area contributed by atoms with Crippen LogP contribution in [0.2, 0.25) is 0 Å². The first-order chi connectivity index (χ1) is 14.2. The van der Waals surface area contributed by atoms with E-state index in [1.165, 1.54) is 0 Å². The topological polar surface area (TPSA) is 62.2 Å². The molecule has 3 rings (SSSR count). The summed E-state index contributed by atoms with van der Waals surface area (Å²) in [5.74, 6) is -4.60. The molecule has 1 heterocycles. The van der Waals surface area contributed by atoms with Crippen LogP contribution >= 0.6 is 0 Å². The van der Waals surface area contributed by atoms with Gasteiger partial charge < -0.3 is 10.4 Å². The predicted molar refractivity (Wildman–Crippen MR) is 116 cm³/mol. The Morgan fingerprint density at radius 2 is 2.10 bits per heavy atom. The number of fused-ring (bicyclic) bond motifs is 1. The maximum absolute atomic E-state index is 13.1. The molecule has 1 fully saturated rings. The molecule has 0 bridgehead atoms. The Bertz CT molecular complexity index is 1060. The van der Waals surface area contributed by atoms with Crippen LogP contribution in [0.4, 0.5) is 14.6 Å². The predicted octanol–water partition coefficient (Wildman–Crippen LogP) is 5.51. The van der Waals surface area contributed by atoms with Crippen LogP contribution in [0.25, 0.3) is 16.3 Å². The Hall–Kier alpha value is -2.86. The molecule has 30 heavy (non-hydrogen) atoms. The first-order valence-electron chi connectivity index (χ1n) is 9.97. The molecule has 1 amide bonds. The van der Waals surface area contributed by atoms with E-state index in [0.29, 0.717) is 12.0 Å². The highest BCUT2D eigenvalue weighted by atomic mass is 19.3. The van der Waals surface area contributed by atoms with Gasteiger partial charge in [-0.2, -0.15) is 0 Å². The summed E-state index contributed by atoms with van der Waals surface area (Å²) in [5.41, 5.74) is 3.64. The SMILES string of the molecule is C=C(/C=C(C)\C(=C/C)c1ccc2cc(NC(=O)C3CC3(F)F)ncc2c1)C(O)CC. The number of carbonyl (C=O) groups excluding carboxylic acids is 1. The molecule has 2 unspecified atom stereocenters. The van der Waals surface area contributed by atoms with Crippen molar-refractivity contribution < 1.29 is 18.7 Å². The zero-order valence-electron chi connectivity index (χ0n) is 17.4. The van der Waals surface area contributed by atoms with Crippen molar-refractivity contribution in [1.82, 2.24) is 4.98 Å². The van der Waals surface area contributed by atoms with E-state index >= 15 is 0 Å². The van der Waals surface area contributed by atoms with Gasteiger partial charge in [-0.05, 0) is 60.1 Å². The number of aliphatic hydroxyl groups is 1. The fraction of sp³-hybridized carbons (Fsp3) is 0.333. The summed E-state index contributed by atoms with van der Waals surface area (Å²) in [6.45, 7) is 9.76. The van der Waals surface area contributed by atoms with E-state index in [9.17, 15) is 18.7 Å². The Kier molecular flexibility index (Phi) is 6.17. The van der Waals surface area contributed by atoms with E-state index in [0.717, 1.165) is 27.5 Å². The van der Waals surface area contributed by atoms with Crippen LogP contribution in [0, 0.1) is 5.92 Å². The first-order valence-corrected chi connectivity index (χ1v) is 9.97. The molecule has 1 aliphatic rings. The number of hydrogen-bond acceptors (Lipinski definition) is 3. The Morgan fingerprint density at radius 1 is 1.40 bits per heavy atom. The summed E-state index contributed by atoms with van der Waals surface area (Å²) in [6, 6.07) is 7.51. The van der Waals surface area contributed by atoms with Gasteiger partial charge in [0, 0.05) is 18.0 Å². The fourth-order valence-electron chi connectivity index (χ4n) is 3.42. The Balaban J connectivity index is 1.82. The third kappa shape index (κ3) is 4.65.